The first-order valence-electron chi connectivity index (χ1n) is 9.06. The van der Waals surface area contributed by atoms with Crippen LogP contribution in [-0.4, -0.2) is 47.9 Å². The van der Waals surface area contributed by atoms with Crippen molar-refractivity contribution in [3.05, 3.63) is 35.9 Å². The molecule has 2 aliphatic rings. The Hall–Kier alpha value is -1.88. The van der Waals surface area contributed by atoms with Gasteiger partial charge >= 0.3 is 0 Å². The minimum Gasteiger partial charge on any atom is -0.351 e. The maximum Gasteiger partial charge on any atom is 0.251 e. The van der Waals surface area contributed by atoms with Gasteiger partial charge in [-0.2, -0.15) is 0 Å². The maximum absolute atomic E-state index is 12.1. The van der Waals surface area contributed by atoms with Gasteiger partial charge < -0.3 is 15.5 Å². The number of benzene rings is 1. The summed E-state index contributed by atoms with van der Waals surface area (Å²) in [4.78, 5) is 26.2. The molecule has 2 amide bonds. The molecule has 3 atom stereocenters. The molecule has 3 rings (SSSR count). The van der Waals surface area contributed by atoms with Gasteiger partial charge in [-0.15, -0.1) is 0 Å². The molecule has 5 nitrogen and oxygen atoms in total. The summed E-state index contributed by atoms with van der Waals surface area (Å²) in [6, 6.07) is 10.6. The van der Waals surface area contributed by atoms with Gasteiger partial charge in [0.05, 0.1) is 0 Å². The first-order valence-corrected chi connectivity index (χ1v) is 9.06. The van der Waals surface area contributed by atoms with Crippen LogP contribution in [-0.2, 0) is 4.79 Å². The van der Waals surface area contributed by atoms with E-state index in [1.807, 2.05) is 37.3 Å². The summed E-state index contributed by atoms with van der Waals surface area (Å²) in [5.41, 5.74) is 0.696. The maximum atomic E-state index is 12.1. The smallest absolute Gasteiger partial charge is 0.251 e. The van der Waals surface area contributed by atoms with Crippen LogP contribution in [0.3, 0.4) is 0 Å². The zero-order chi connectivity index (χ0) is 16.9. The minimum atomic E-state index is -0.0270. The second kappa shape index (κ2) is 7.79. The molecule has 0 saturated carbocycles. The highest BCUT2D eigenvalue weighted by molar-refractivity contribution is 5.94. The van der Waals surface area contributed by atoms with E-state index in [4.69, 9.17) is 0 Å². The molecule has 0 spiro atoms. The van der Waals surface area contributed by atoms with Crippen molar-refractivity contribution in [2.24, 2.45) is 0 Å². The van der Waals surface area contributed by atoms with Crippen molar-refractivity contribution >= 4 is 11.8 Å². The van der Waals surface area contributed by atoms with Gasteiger partial charge in [0.25, 0.3) is 5.91 Å². The van der Waals surface area contributed by atoms with Crippen LogP contribution in [0.1, 0.15) is 49.4 Å². The fraction of sp³-hybridized carbons (Fsp3) is 0.579. The fourth-order valence-corrected chi connectivity index (χ4v) is 4.08. The normalized spacial score (nSPS) is 25.5. The molecule has 5 heteroatoms. The van der Waals surface area contributed by atoms with E-state index in [2.05, 4.69) is 15.5 Å². The highest BCUT2D eigenvalue weighted by Gasteiger charge is 2.42. The number of nitrogens with one attached hydrogen (secondary N) is 2. The molecule has 2 fully saturated rings. The van der Waals surface area contributed by atoms with Crippen molar-refractivity contribution in [2.45, 2.75) is 57.2 Å². The van der Waals surface area contributed by atoms with Crippen molar-refractivity contribution in [1.29, 1.82) is 0 Å². The van der Waals surface area contributed by atoms with E-state index in [0.29, 0.717) is 42.6 Å². The van der Waals surface area contributed by atoms with Gasteiger partial charge in [0.2, 0.25) is 5.91 Å². The second-order valence-corrected chi connectivity index (χ2v) is 6.78. The Kier molecular flexibility index (Phi) is 5.51. The monoisotopic (exact) mass is 329 g/mol. The standard InChI is InChI=1S/C19H27N3O2/c1-2-18(23)22-16-8-9-17(22)13-15(12-16)20-10-11-21-19(24)14-6-4-3-5-7-14/h3-7,15-17,20H,2,8-13H2,1H3,(H,21,24)/t15?,16-,17+. The van der Waals surface area contributed by atoms with Crippen molar-refractivity contribution in [3.8, 4) is 0 Å². The lowest BCUT2D eigenvalue weighted by atomic mass is 9.97. The number of amides is 2. The molecule has 2 aliphatic heterocycles. The second-order valence-electron chi connectivity index (χ2n) is 6.78. The number of hydrogen-bond acceptors (Lipinski definition) is 3. The van der Waals surface area contributed by atoms with E-state index in [9.17, 15) is 9.59 Å². The quantitative estimate of drug-likeness (QED) is 0.784. The summed E-state index contributed by atoms with van der Waals surface area (Å²) in [7, 11) is 0. The predicted octanol–water partition coefficient (Wildman–Crippen LogP) is 1.94. The van der Waals surface area contributed by atoms with E-state index >= 15 is 0 Å². The number of piperidine rings is 1. The molecule has 2 N–H and O–H groups in total. The van der Waals surface area contributed by atoms with Gasteiger partial charge in [0, 0.05) is 43.2 Å². The fourth-order valence-electron chi connectivity index (χ4n) is 4.08. The molecule has 2 heterocycles. The number of carbonyl (C=O) groups excluding carboxylic acids is 2. The Morgan fingerprint density at radius 1 is 1.08 bits per heavy atom. The SMILES string of the molecule is CCC(=O)N1[C@@H]2CC[C@H]1CC(NCCNC(=O)c1ccccc1)C2. The highest BCUT2D eigenvalue weighted by Crippen LogP contribution is 2.36. The van der Waals surface area contributed by atoms with E-state index in [1.54, 1.807) is 0 Å². The molecule has 0 radical (unpaired) electrons. The largest absolute Gasteiger partial charge is 0.351 e. The number of rotatable bonds is 6. The molecule has 130 valence electrons. The van der Waals surface area contributed by atoms with Gasteiger partial charge in [-0.25, -0.2) is 0 Å². The van der Waals surface area contributed by atoms with Crippen LogP contribution in [0.2, 0.25) is 0 Å². The topological polar surface area (TPSA) is 61.4 Å². The van der Waals surface area contributed by atoms with E-state index in [-0.39, 0.29) is 5.91 Å². The van der Waals surface area contributed by atoms with E-state index < -0.39 is 0 Å². The van der Waals surface area contributed by atoms with E-state index in [1.165, 1.54) is 0 Å². The lowest BCUT2D eigenvalue weighted by Gasteiger charge is -2.39. The van der Waals surface area contributed by atoms with E-state index in [0.717, 1.165) is 32.2 Å². The molecule has 0 aliphatic carbocycles. The van der Waals surface area contributed by atoms with Gasteiger partial charge in [0.1, 0.15) is 0 Å². The summed E-state index contributed by atoms with van der Waals surface area (Å²) in [6.45, 7) is 3.34. The number of hydrogen-bond donors (Lipinski definition) is 2. The van der Waals surface area contributed by atoms with Gasteiger partial charge in [-0.1, -0.05) is 25.1 Å². The Morgan fingerprint density at radius 2 is 1.75 bits per heavy atom. The van der Waals surface area contributed by atoms with Crippen molar-refractivity contribution in [2.75, 3.05) is 13.1 Å². The lowest BCUT2D eigenvalue weighted by molar-refractivity contribution is -0.135. The van der Waals surface area contributed by atoms with Gasteiger partial charge in [-0.3, -0.25) is 9.59 Å². The molecule has 2 saturated heterocycles. The lowest BCUT2D eigenvalue weighted by Crippen LogP contribution is -2.52. The van der Waals surface area contributed by atoms with Crippen LogP contribution >= 0.6 is 0 Å². The van der Waals surface area contributed by atoms with Gasteiger partial charge in [-0.05, 0) is 37.8 Å². The summed E-state index contributed by atoms with van der Waals surface area (Å²) >= 11 is 0. The third kappa shape index (κ3) is 3.78. The summed E-state index contributed by atoms with van der Waals surface area (Å²) in [5.74, 6) is 0.275. The average Bonchev–Trinajstić information content (AvgIpc) is 2.89. The van der Waals surface area contributed by atoms with Gasteiger partial charge in [0.15, 0.2) is 0 Å². The van der Waals surface area contributed by atoms with Crippen LogP contribution in [0.15, 0.2) is 30.3 Å². The predicted molar refractivity (Wildman–Crippen MR) is 93.7 cm³/mol. The summed E-state index contributed by atoms with van der Waals surface area (Å²) in [6.07, 6.45) is 4.96. The zero-order valence-corrected chi connectivity index (χ0v) is 14.3. The molecule has 1 unspecified atom stereocenters. The minimum absolute atomic E-state index is 0.0270. The Balaban J connectivity index is 1.40. The number of carbonyl (C=O) groups is 2. The van der Waals surface area contributed by atoms with Crippen LogP contribution in [0.5, 0.6) is 0 Å². The Morgan fingerprint density at radius 3 is 2.38 bits per heavy atom. The molecular formula is C19H27N3O2. The molecule has 1 aromatic carbocycles. The first-order chi connectivity index (χ1) is 11.7. The van der Waals surface area contributed by atoms with Crippen LogP contribution in [0.25, 0.3) is 0 Å². The summed E-state index contributed by atoms with van der Waals surface area (Å²) in [5, 5.41) is 6.50. The van der Waals surface area contributed by atoms with Crippen molar-refractivity contribution in [3.63, 3.8) is 0 Å². The van der Waals surface area contributed by atoms with Crippen LogP contribution in [0, 0.1) is 0 Å². The Labute approximate surface area is 143 Å². The van der Waals surface area contributed by atoms with Crippen molar-refractivity contribution in [1.82, 2.24) is 15.5 Å². The molecular weight excluding hydrogens is 302 g/mol. The highest BCUT2D eigenvalue weighted by atomic mass is 16.2. The zero-order valence-electron chi connectivity index (χ0n) is 14.3. The molecule has 1 aromatic rings. The third-order valence-electron chi connectivity index (χ3n) is 5.20. The third-order valence-corrected chi connectivity index (χ3v) is 5.20. The average molecular weight is 329 g/mol. The molecule has 2 bridgehead atoms. The van der Waals surface area contributed by atoms with Crippen molar-refractivity contribution < 1.29 is 9.59 Å². The number of nitrogens with zero attached hydrogens (tertiary/aromatic N) is 1. The molecule has 24 heavy (non-hydrogen) atoms. The van der Waals surface area contributed by atoms with Crippen LogP contribution < -0.4 is 10.6 Å². The Bertz CT molecular complexity index is 561. The number of fused-ring (bicyclic) bond motifs is 2. The molecule has 0 aromatic heterocycles. The first kappa shape index (κ1) is 17.0. The summed E-state index contributed by atoms with van der Waals surface area (Å²) < 4.78 is 0. The van der Waals surface area contributed by atoms with Crippen LogP contribution in [0.4, 0.5) is 0 Å².